The average molecular weight is 517 g/mol. The molecule has 1 aromatic heterocycles. The van der Waals surface area contributed by atoms with Crippen LogP contribution in [0.15, 0.2) is 52.9 Å². The van der Waals surface area contributed by atoms with E-state index in [9.17, 15) is 4.79 Å². The molecule has 4 rings (SSSR count). The van der Waals surface area contributed by atoms with Gasteiger partial charge in [0, 0.05) is 16.3 Å². The SMILES string of the molecule is COc1cc(-c2nc3cc(NC(=O)[C@H](C)Oc4ccc(Cl)cc4Cl)ccc3o2)cc(OC)c1OC. The first kappa shape index (κ1) is 24.5. The summed E-state index contributed by atoms with van der Waals surface area (Å²) in [6, 6.07) is 13.4. The van der Waals surface area contributed by atoms with Crippen molar-refractivity contribution in [3.63, 3.8) is 0 Å². The number of methoxy groups -OCH3 is 3. The molecule has 1 atom stereocenters. The molecule has 3 aromatic carbocycles. The molecule has 1 heterocycles. The Bertz CT molecular complexity index is 1360. The van der Waals surface area contributed by atoms with E-state index in [2.05, 4.69) is 10.3 Å². The third kappa shape index (κ3) is 5.23. The summed E-state index contributed by atoms with van der Waals surface area (Å²) in [6.07, 6.45) is -0.809. The van der Waals surface area contributed by atoms with E-state index in [4.69, 9.17) is 46.6 Å². The predicted molar refractivity (Wildman–Crippen MR) is 134 cm³/mol. The number of hydrogen-bond acceptors (Lipinski definition) is 7. The van der Waals surface area contributed by atoms with Crippen LogP contribution in [0.25, 0.3) is 22.6 Å². The Morgan fingerprint density at radius 3 is 2.29 bits per heavy atom. The van der Waals surface area contributed by atoms with Crippen LogP contribution in [0, 0.1) is 0 Å². The molecule has 0 saturated carbocycles. The molecular weight excluding hydrogens is 495 g/mol. The van der Waals surface area contributed by atoms with Crippen molar-refractivity contribution in [1.29, 1.82) is 0 Å². The van der Waals surface area contributed by atoms with E-state index < -0.39 is 6.10 Å². The van der Waals surface area contributed by atoms with Gasteiger partial charge in [-0.25, -0.2) is 4.98 Å². The topological polar surface area (TPSA) is 92.1 Å². The lowest BCUT2D eigenvalue weighted by Gasteiger charge is -2.15. The Labute approximate surface area is 211 Å². The lowest BCUT2D eigenvalue weighted by Crippen LogP contribution is -2.30. The second-order valence-electron chi connectivity index (χ2n) is 7.44. The van der Waals surface area contributed by atoms with Crippen molar-refractivity contribution in [3.8, 4) is 34.5 Å². The highest BCUT2D eigenvalue weighted by atomic mass is 35.5. The third-order valence-corrected chi connectivity index (χ3v) is 5.66. The molecule has 0 unspecified atom stereocenters. The number of amides is 1. The van der Waals surface area contributed by atoms with Gasteiger partial charge in [-0.05, 0) is 55.5 Å². The van der Waals surface area contributed by atoms with Gasteiger partial charge < -0.3 is 28.7 Å². The van der Waals surface area contributed by atoms with E-state index in [0.29, 0.717) is 61.3 Å². The van der Waals surface area contributed by atoms with Gasteiger partial charge in [0.15, 0.2) is 23.2 Å². The summed E-state index contributed by atoms with van der Waals surface area (Å²) >= 11 is 12.0. The van der Waals surface area contributed by atoms with E-state index in [0.717, 1.165) is 0 Å². The number of nitrogens with zero attached hydrogens (tertiary/aromatic N) is 1. The van der Waals surface area contributed by atoms with E-state index in [1.54, 1.807) is 55.5 Å². The Hall–Kier alpha value is -3.62. The zero-order valence-corrected chi connectivity index (χ0v) is 20.9. The number of carbonyl (C=O) groups is 1. The summed E-state index contributed by atoms with van der Waals surface area (Å²) in [5.74, 6) is 1.79. The largest absolute Gasteiger partial charge is 0.493 e. The first-order valence-electron chi connectivity index (χ1n) is 10.5. The van der Waals surface area contributed by atoms with E-state index in [-0.39, 0.29) is 5.91 Å². The third-order valence-electron chi connectivity index (χ3n) is 5.13. The number of ether oxygens (including phenoxy) is 4. The Kier molecular flexibility index (Phi) is 7.23. The standard InChI is InChI=1S/C25H22Cl2N2O6/c1-13(34-19-7-5-15(26)11-17(19)27)24(30)28-16-6-8-20-18(12-16)29-25(35-20)14-9-21(31-2)23(33-4)22(10-14)32-3/h5-13H,1-4H3,(H,28,30)/t13-/m0/s1. The van der Waals surface area contributed by atoms with E-state index in [1.807, 2.05) is 0 Å². The molecule has 0 spiro atoms. The monoisotopic (exact) mass is 516 g/mol. The van der Waals surface area contributed by atoms with Crippen molar-refractivity contribution in [2.45, 2.75) is 13.0 Å². The van der Waals surface area contributed by atoms with Crippen LogP contribution in [-0.4, -0.2) is 38.3 Å². The Morgan fingerprint density at radius 1 is 0.943 bits per heavy atom. The molecule has 0 aliphatic rings. The van der Waals surface area contributed by atoms with Crippen LogP contribution in [0.2, 0.25) is 10.0 Å². The van der Waals surface area contributed by atoms with Crippen molar-refractivity contribution in [2.24, 2.45) is 0 Å². The molecule has 0 fully saturated rings. The molecule has 0 radical (unpaired) electrons. The number of oxazole rings is 1. The zero-order chi connectivity index (χ0) is 25.1. The van der Waals surface area contributed by atoms with Crippen LogP contribution >= 0.6 is 23.2 Å². The second kappa shape index (κ2) is 10.3. The molecule has 1 amide bonds. The summed E-state index contributed by atoms with van der Waals surface area (Å²) in [5.41, 5.74) is 2.28. The fraction of sp³-hybridized carbons (Fsp3) is 0.200. The average Bonchev–Trinajstić information content (AvgIpc) is 3.28. The predicted octanol–water partition coefficient (Wildman–Crippen LogP) is 6.23. The molecule has 0 bridgehead atoms. The number of benzene rings is 3. The molecule has 182 valence electrons. The van der Waals surface area contributed by atoms with Crippen molar-refractivity contribution in [3.05, 3.63) is 58.6 Å². The van der Waals surface area contributed by atoms with Gasteiger partial charge in [0.1, 0.15) is 11.3 Å². The molecule has 10 heteroatoms. The number of carbonyl (C=O) groups excluding carboxylic acids is 1. The van der Waals surface area contributed by atoms with Crippen molar-refractivity contribution < 1.29 is 28.2 Å². The zero-order valence-electron chi connectivity index (χ0n) is 19.3. The second-order valence-corrected chi connectivity index (χ2v) is 8.28. The lowest BCUT2D eigenvalue weighted by atomic mass is 10.2. The van der Waals surface area contributed by atoms with Gasteiger partial charge in [-0.1, -0.05) is 23.2 Å². The molecule has 4 aromatic rings. The lowest BCUT2D eigenvalue weighted by molar-refractivity contribution is -0.122. The van der Waals surface area contributed by atoms with Crippen LogP contribution < -0.4 is 24.3 Å². The maximum Gasteiger partial charge on any atom is 0.265 e. The highest BCUT2D eigenvalue weighted by molar-refractivity contribution is 6.35. The van der Waals surface area contributed by atoms with Gasteiger partial charge in [0.05, 0.1) is 26.4 Å². The van der Waals surface area contributed by atoms with E-state index >= 15 is 0 Å². The summed E-state index contributed by atoms with van der Waals surface area (Å²) < 4.78 is 27.8. The smallest absolute Gasteiger partial charge is 0.265 e. The highest BCUT2D eigenvalue weighted by Crippen LogP contribution is 2.41. The van der Waals surface area contributed by atoms with Crippen molar-refractivity contribution in [2.75, 3.05) is 26.6 Å². The number of aromatic nitrogens is 1. The fourth-order valence-corrected chi connectivity index (χ4v) is 3.84. The first-order chi connectivity index (χ1) is 16.8. The summed E-state index contributed by atoms with van der Waals surface area (Å²) in [4.78, 5) is 17.2. The molecule has 0 saturated heterocycles. The number of nitrogens with one attached hydrogen (secondary N) is 1. The fourth-order valence-electron chi connectivity index (χ4n) is 3.39. The minimum Gasteiger partial charge on any atom is -0.493 e. The van der Waals surface area contributed by atoms with Crippen LogP contribution in [0.4, 0.5) is 5.69 Å². The van der Waals surface area contributed by atoms with Gasteiger partial charge in [-0.15, -0.1) is 0 Å². The molecule has 8 nitrogen and oxygen atoms in total. The minimum atomic E-state index is -0.809. The number of hydrogen-bond donors (Lipinski definition) is 1. The first-order valence-corrected chi connectivity index (χ1v) is 11.2. The molecule has 0 aliphatic carbocycles. The van der Waals surface area contributed by atoms with Crippen LogP contribution in [0.5, 0.6) is 23.0 Å². The van der Waals surface area contributed by atoms with Gasteiger partial charge >= 0.3 is 0 Å². The van der Waals surface area contributed by atoms with Crippen molar-refractivity contribution in [1.82, 2.24) is 4.98 Å². The van der Waals surface area contributed by atoms with Crippen LogP contribution in [-0.2, 0) is 4.79 Å². The van der Waals surface area contributed by atoms with Crippen LogP contribution in [0.3, 0.4) is 0 Å². The summed E-state index contributed by atoms with van der Waals surface area (Å²) in [5, 5.41) is 3.61. The van der Waals surface area contributed by atoms with Gasteiger partial charge in [0.2, 0.25) is 11.6 Å². The molecule has 35 heavy (non-hydrogen) atoms. The number of rotatable bonds is 8. The van der Waals surface area contributed by atoms with Crippen molar-refractivity contribution >= 4 is 45.9 Å². The Morgan fingerprint density at radius 2 is 1.66 bits per heavy atom. The maximum absolute atomic E-state index is 12.7. The number of anilines is 1. The van der Waals surface area contributed by atoms with Gasteiger partial charge in [-0.3, -0.25) is 4.79 Å². The maximum atomic E-state index is 12.7. The van der Waals surface area contributed by atoms with Gasteiger partial charge in [0.25, 0.3) is 5.91 Å². The summed E-state index contributed by atoms with van der Waals surface area (Å²) in [7, 11) is 4.60. The number of halogens is 2. The normalized spacial score (nSPS) is 11.7. The highest BCUT2D eigenvalue weighted by Gasteiger charge is 2.19. The number of fused-ring (bicyclic) bond motifs is 1. The quantitative estimate of drug-likeness (QED) is 0.296. The molecule has 0 aliphatic heterocycles. The van der Waals surface area contributed by atoms with Gasteiger partial charge in [-0.2, -0.15) is 0 Å². The summed E-state index contributed by atoms with van der Waals surface area (Å²) in [6.45, 7) is 1.62. The molecule has 1 N–H and O–H groups in total. The Balaban J connectivity index is 1.54. The van der Waals surface area contributed by atoms with Crippen LogP contribution in [0.1, 0.15) is 6.92 Å². The van der Waals surface area contributed by atoms with E-state index in [1.165, 1.54) is 21.3 Å². The molecular formula is C25H22Cl2N2O6. The minimum absolute atomic E-state index is 0.320.